The normalized spacial score (nSPS) is 10.9. The molecule has 6 heteroatoms. The van der Waals surface area contributed by atoms with Crippen LogP contribution in [0, 0.1) is 6.92 Å². The van der Waals surface area contributed by atoms with Crippen molar-refractivity contribution in [2.75, 3.05) is 37.8 Å². The van der Waals surface area contributed by atoms with E-state index >= 15 is 0 Å². The van der Waals surface area contributed by atoms with E-state index < -0.39 is 0 Å². The third-order valence-electron chi connectivity index (χ3n) is 4.40. The molecule has 2 rings (SSSR count). The van der Waals surface area contributed by atoms with Gasteiger partial charge in [0.25, 0.3) is 5.91 Å². The van der Waals surface area contributed by atoms with Crippen LogP contribution >= 0.6 is 0 Å². The lowest BCUT2D eigenvalue weighted by atomic mass is 10.0. The van der Waals surface area contributed by atoms with Gasteiger partial charge < -0.3 is 15.5 Å². The van der Waals surface area contributed by atoms with E-state index in [-0.39, 0.29) is 5.91 Å². The molecule has 0 bridgehead atoms. The second kappa shape index (κ2) is 10.0. The van der Waals surface area contributed by atoms with Crippen LogP contribution in [0.3, 0.4) is 0 Å². The van der Waals surface area contributed by atoms with E-state index in [2.05, 4.69) is 65.6 Å². The summed E-state index contributed by atoms with van der Waals surface area (Å²) in [5.41, 5.74) is 3.56. The van der Waals surface area contributed by atoms with E-state index in [0.29, 0.717) is 17.3 Å². The quantitative estimate of drug-likeness (QED) is 0.662. The first kappa shape index (κ1) is 20.8. The number of para-hydroxylation sites is 1. The number of benzene rings is 1. The van der Waals surface area contributed by atoms with Crippen LogP contribution in [0.5, 0.6) is 0 Å². The smallest absolute Gasteiger partial charge is 0.274 e. The molecule has 1 amide bonds. The zero-order valence-electron chi connectivity index (χ0n) is 17.1. The molecule has 2 N–H and O–H groups in total. The summed E-state index contributed by atoms with van der Waals surface area (Å²) >= 11 is 0. The Morgan fingerprint density at radius 1 is 1.11 bits per heavy atom. The van der Waals surface area contributed by atoms with E-state index in [1.165, 1.54) is 0 Å². The van der Waals surface area contributed by atoms with E-state index in [1.807, 2.05) is 6.07 Å². The van der Waals surface area contributed by atoms with Crippen molar-refractivity contribution in [2.45, 2.75) is 40.0 Å². The minimum absolute atomic E-state index is 0.201. The van der Waals surface area contributed by atoms with Crippen LogP contribution in [0.2, 0.25) is 0 Å². The number of aromatic nitrogens is 2. The van der Waals surface area contributed by atoms with E-state index in [1.54, 1.807) is 13.0 Å². The van der Waals surface area contributed by atoms with Crippen LogP contribution in [0.15, 0.2) is 24.3 Å². The number of nitrogens with one attached hydrogen (secondary N) is 2. The molecule has 0 saturated heterocycles. The van der Waals surface area contributed by atoms with Gasteiger partial charge in [0.05, 0.1) is 0 Å². The molecule has 146 valence electrons. The van der Waals surface area contributed by atoms with Crippen LogP contribution in [-0.4, -0.2) is 48.0 Å². The molecular formula is C21H31N5O. The molecule has 27 heavy (non-hydrogen) atoms. The van der Waals surface area contributed by atoms with Crippen molar-refractivity contribution < 1.29 is 4.79 Å². The number of hydrogen-bond donors (Lipinski definition) is 2. The molecular weight excluding hydrogens is 338 g/mol. The predicted molar refractivity (Wildman–Crippen MR) is 112 cm³/mol. The minimum atomic E-state index is -0.201. The van der Waals surface area contributed by atoms with Gasteiger partial charge in [-0.25, -0.2) is 9.97 Å². The summed E-state index contributed by atoms with van der Waals surface area (Å²) in [5.74, 6) is 1.07. The summed E-state index contributed by atoms with van der Waals surface area (Å²) in [4.78, 5) is 23.7. The van der Waals surface area contributed by atoms with Gasteiger partial charge in [0.1, 0.15) is 17.3 Å². The first-order valence-corrected chi connectivity index (χ1v) is 9.61. The zero-order chi connectivity index (χ0) is 19.8. The molecule has 0 fully saturated rings. The van der Waals surface area contributed by atoms with E-state index in [4.69, 9.17) is 0 Å². The van der Waals surface area contributed by atoms with Gasteiger partial charge >= 0.3 is 0 Å². The second-order valence-corrected chi connectivity index (χ2v) is 6.88. The fourth-order valence-corrected chi connectivity index (χ4v) is 2.97. The summed E-state index contributed by atoms with van der Waals surface area (Å²) in [6.07, 6.45) is 2.73. The number of hydrogen-bond acceptors (Lipinski definition) is 5. The number of carbonyl (C=O) groups is 1. The number of rotatable bonds is 9. The predicted octanol–water partition coefficient (Wildman–Crippen LogP) is 3.53. The molecule has 1 heterocycles. The van der Waals surface area contributed by atoms with Gasteiger partial charge in [0, 0.05) is 18.3 Å². The molecule has 1 aromatic carbocycles. The number of carbonyl (C=O) groups excluding carboxylic acids is 1. The first-order valence-electron chi connectivity index (χ1n) is 9.61. The van der Waals surface area contributed by atoms with Gasteiger partial charge in [0.15, 0.2) is 0 Å². The van der Waals surface area contributed by atoms with Gasteiger partial charge in [0.2, 0.25) is 0 Å². The average Bonchev–Trinajstić information content (AvgIpc) is 2.64. The standard InChI is InChI=1S/C21H31N5O/c1-6-16-10-8-11-17(7-2)20(16)25-21(27)18-14-19(24-15(3)23-18)22-12-9-13-26(4)5/h8,10-11,14H,6-7,9,12-13H2,1-5H3,(H,25,27)(H,22,23,24). The number of aryl methyl sites for hydroxylation is 3. The highest BCUT2D eigenvalue weighted by Crippen LogP contribution is 2.23. The van der Waals surface area contributed by atoms with Crippen molar-refractivity contribution in [1.82, 2.24) is 14.9 Å². The maximum Gasteiger partial charge on any atom is 0.274 e. The Balaban J connectivity index is 2.15. The van der Waals surface area contributed by atoms with Crippen molar-refractivity contribution >= 4 is 17.4 Å². The molecule has 6 nitrogen and oxygen atoms in total. The molecule has 0 saturated carbocycles. The minimum Gasteiger partial charge on any atom is -0.370 e. The molecule has 0 aliphatic heterocycles. The highest BCUT2D eigenvalue weighted by atomic mass is 16.1. The summed E-state index contributed by atoms with van der Waals surface area (Å²) in [6, 6.07) is 7.87. The third kappa shape index (κ3) is 6.03. The van der Waals surface area contributed by atoms with Crippen molar-refractivity contribution in [3.8, 4) is 0 Å². The lowest BCUT2D eigenvalue weighted by Crippen LogP contribution is -2.19. The van der Waals surface area contributed by atoms with Gasteiger partial charge in [-0.05, 0) is 58.0 Å². The van der Waals surface area contributed by atoms with Crippen molar-refractivity contribution in [1.29, 1.82) is 0 Å². The topological polar surface area (TPSA) is 70.2 Å². The fourth-order valence-electron chi connectivity index (χ4n) is 2.97. The Bertz CT molecular complexity index is 751. The second-order valence-electron chi connectivity index (χ2n) is 6.88. The van der Waals surface area contributed by atoms with Gasteiger partial charge in [-0.15, -0.1) is 0 Å². The Morgan fingerprint density at radius 2 is 1.78 bits per heavy atom. The van der Waals surface area contributed by atoms with E-state index in [9.17, 15) is 4.79 Å². The van der Waals surface area contributed by atoms with Crippen LogP contribution < -0.4 is 10.6 Å². The molecule has 2 aromatic rings. The highest BCUT2D eigenvalue weighted by molar-refractivity contribution is 6.04. The maximum atomic E-state index is 12.8. The first-order chi connectivity index (χ1) is 12.9. The largest absolute Gasteiger partial charge is 0.370 e. The SMILES string of the molecule is CCc1cccc(CC)c1NC(=O)c1cc(NCCCN(C)C)nc(C)n1. The zero-order valence-corrected chi connectivity index (χ0v) is 17.1. The number of nitrogens with zero attached hydrogens (tertiary/aromatic N) is 3. The average molecular weight is 370 g/mol. The van der Waals surface area contributed by atoms with Crippen LogP contribution in [-0.2, 0) is 12.8 Å². The molecule has 0 radical (unpaired) electrons. The maximum absolute atomic E-state index is 12.8. The lowest BCUT2D eigenvalue weighted by Gasteiger charge is -2.15. The van der Waals surface area contributed by atoms with Gasteiger partial charge in [-0.1, -0.05) is 32.0 Å². The lowest BCUT2D eigenvalue weighted by molar-refractivity contribution is 0.102. The molecule has 0 aliphatic rings. The fraction of sp³-hybridized carbons (Fsp3) is 0.476. The van der Waals surface area contributed by atoms with Crippen molar-refractivity contribution in [2.24, 2.45) is 0 Å². The van der Waals surface area contributed by atoms with Gasteiger partial charge in [-0.2, -0.15) is 0 Å². The van der Waals surface area contributed by atoms with E-state index in [0.717, 1.165) is 49.2 Å². The number of amides is 1. The van der Waals surface area contributed by atoms with Crippen molar-refractivity contribution in [3.63, 3.8) is 0 Å². The molecule has 0 aliphatic carbocycles. The Labute approximate surface area is 162 Å². The molecule has 1 aromatic heterocycles. The Morgan fingerprint density at radius 3 is 2.37 bits per heavy atom. The monoisotopic (exact) mass is 369 g/mol. The third-order valence-corrected chi connectivity index (χ3v) is 4.40. The van der Waals surface area contributed by atoms with Gasteiger partial charge in [-0.3, -0.25) is 4.79 Å². The summed E-state index contributed by atoms with van der Waals surface area (Å²) < 4.78 is 0. The number of anilines is 2. The summed E-state index contributed by atoms with van der Waals surface area (Å²) in [5, 5.41) is 6.36. The summed E-state index contributed by atoms with van der Waals surface area (Å²) in [7, 11) is 4.10. The van der Waals surface area contributed by atoms with Crippen molar-refractivity contribution in [3.05, 3.63) is 46.9 Å². The molecule has 0 atom stereocenters. The Kier molecular flexibility index (Phi) is 7.73. The van der Waals surface area contributed by atoms with Crippen LogP contribution in [0.4, 0.5) is 11.5 Å². The summed E-state index contributed by atoms with van der Waals surface area (Å²) in [6.45, 7) is 7.79. The molecule has 0 spiro atoms. The highest BCUT2D eigenvalue weighted by Gasteiger charge is 2.14. The Hall–Kier alpha value is -2.47. The van der Waals surface area contributed by atoms with Crippen LogP contribution in [0.1, 0.15) is 47.7 Å². The van der Waals surface area contributed by atoms with Crippen LogP contribution in [0.25, 0.3) is 0 Å². The molecule has 0 unspecified atom stereocenters.